The van der Waals surface area contributed by atoms with Crippen LogP contribution in [0.5, 0.6) is 11.5 Å². The van der Waals surface area contributed by atoms with E-state index in [4.69, 9.17) is 14.0 Å². The molecule has 0 aliphatic heterocycles. The molecule has 1 heterocycles. The fourth-order valence-electron chi connectivity index (χ4n) is 2.94. The van der Waals surface area contributed by atoms with Crippen LogP contribution in [0, 0.1) is 6.92 Å². The third-order valence-electron chi connectivity index (χ3n) is 4.40. The number of aromatic nitrogens is 2. The highest BCUT2D eigenvalue weighted by molar-refractivity contribution is 5.95. The van der Waals surface area contributed by atoms with Crippen molar-refractivity contribution in [3.63, 3.8) is 0 Å². The van der Waals surface area contributed by atoms with Crippen molar-refractivity contribution in [2.45, 2.75) is 20.8 Å². The van der Waals surface area contributed by atoms with Gasteiger partial charge >= 0.3 is 11.8 Å². The quantitative estimate of drug-likeness (QED) is 0.468. The maximum absolute atomic E-state index is 12.4. The Labute approximate surface area is 186 Å². The van der Waals surface area contributed by atoms with Crippen molar-refractivity contribution in [3.8, 4) is 22.9 Å². The van der Waals surface area contributed by atoms with E-state index >= 15 is 0 Å². The van der Waals surface area contributed by atoms with Gasteiger partial charge < -0.3 is 24.6 Å². The highest BCUT2D eigenvalue weighted by Gasteiger charge is 2.16. The second-order valence-electron chi connectivity index (χ2n) is 6.83. The number of hydrogen-bond acceptors (Lipinski definition) is 7. The van der Waals surface area contributed by atoms with Crippen LogP contribution >= 0.6 is 0 Å². The van der Waals surface area contributed by atoms with Crippen molar-refractivity contribution in [2.24, 2.45) is 0 Å². The molecule has 3 aromatic rings. The van der Waals surface area contributed by atoms with Gasteiger partial charge in [-0.3, -0.25) is 9.59 Å². The van der Waals surface area contributed by atoms with E-state index in [1.54, 1.807) is 18.2 Å². The molecule has 32 heavy (non-hydrogen) atoms. The molecule has 0 saturated carbocycles. The molecular formula is C23H26N4O5. The number of carbonyl (C=O) groups excluding carboxylic acids is 2. The molecule has 0 unspecified atom stereocenters. The Morgan fingerprint density at radius 1 is 0.938 bits per heavy atom. The lowest BCUT2D eigenvalue weighted by molar-refractivity contribution is 0.0898. The van der Waals surface area contributed by atoms with E-state index in [0.717, 1.165) is 11.1 Å². The molecule has 0 spiro atoms. The van der Waals surface area contributed by atoms with Gasteiger partial charge in [0.25, 0.3) is 5.91 Å². The van der Waals surface area contributed by atoms with Gasteiger partial charge in [-0.05, 0) is 45.0 Å². The molecular weight excluding hydrogens is 412 g/mol. The van der Waals surface area contributed by atoms with Gasteiger partial charge in [0.05, 0.1) is 13.2 Å². The van der Waals surface area contributed by atoms with Crippen LogP contribution in [0.1, 0.15) is 40.5 Å². The maximum Gasteiger partial charge on any atom is 0.316 e. The number of benzene rings is 2. The first-order valence-electron chi connectivity index (χ1n) is 10.4. The van der Waals surface area contributed by atoms with E-state index in [2.05, 4.69) is 20.8 Å². The molecule has 0 atom stereocenters. The van der Waals surface area contributed by atoms with Gasteiger partial charge in [-0.15, -0.1) is 0 Å². The summed E-state index contributed by atoms with van der Waals surface area (Å²) in [4.78, 5) is 28.8. The number of ether oxygens (including phenoxy) is 2. The number of nitrogens with zero attached hydrogens (tertiary/aromatic N) is 2. The Bertz CT molecular complexity index is 1080. The summed E-state index contributed by atoms with van der Waals surface area (Å²) < 4.78 is 16.1. The minimum absolute atomic E-state index is 0.138. The number of rotatable bonds is 10. The summed E-state index contributed by atoms with van der Waals surface area (Å²) in [6.45, 7) is 7.07. The van der Waals surface area contributed by atoms with Crippen LogP contribution in [0.2, 0.25) is 0 Å². The second kappa shape index (κ2) is 10.9. The molecule has 0 aliphatic carbocycles. The van der Waals surface area contributed by atoms with Crippen molar-refractivity contribution in [1.29, 1.82) is 0 Å². The molecule has 0 radical (unpaired) electrons. The minimum atomic E-state index is -0.509. The molecule has 3 rings (SSSR count). The summed E-state index contributed by atoms with van der Waals surface area (Å²) in [5.41, 5.74) is 2.25. The maximum atomic E-state index is 12.4. The van der Waals surface area contributed by atoms with E-state index in [9.17, 15) is 9.59 Å². The minimum Gasteiger partial charge on any atom is -0.490 e. The normalized spacial score (nSPS) is 10.5. The average Bonchev–Trinajstić information content (AvgIpc) is 3.28. The third kappa shape index (κ3) is 5.84. The summed E-state index contributed by atoms with van der Waals surface area (Å²) >= 11 is 0. The molecule has 2 amide bonds. The van der Waals surface area contributed by atoms with Crippen molar-refractivity contribution < 1.29 is 23.6 Å². The van der Waals surface area contributed by atoms with Gasteiger partial charge in [0, 0.05) is 24.2 Å². The number of nitrogens with one attached hydrogen (secondary N) is 2. The first-order chi connectivity index (χ1) is 15.5. The molecule has 9 heteroatoms. The summed E-state index contributed by atoms with van der Waals surface area (Å²) in [5.74, 6) is 0.500. The van der Waals surface area contributed by atoms with Crippen LogP contribution in [0.15, 0.2) is 47.0 Å². The van der Waals surface area contributed by atoms with Gasteiger partial charge in [0.1, 0.15) is 0 Å². The SMILES string of the molecule is CCOc1ccc(C(=O)NCCNC(=O)c2nc(-c3cccc(C)c3)no2)cc1OCC. The molecule has 1 aromatic heterocycles. The Morgan fingerprint density at radius 3 is 2.38 bits per heavy atom. The number of carbonyl (C=O) groups is 2. The van der Waals surface area contributed by atoms with E-state index in [0.29, 0.717) is 36.1 Å². The lowest BCUT2D eigenvalue weighted by atomic mass is 10.1. The molecule has 0 bridgehead atoms. The number of hydrogen-bond donors (Lipinski definition) is 2. The van der Waals surface area contributed by atoms with Crippen LogP contribution < -0.4 is 20.1 Å². The fourth-order valence-corrected chi connectivity index (χ4v) is 2.94. The Hall–Kier alpha value is -3.88. The summed E-state index contributed by atoms with van der Waals surface area (Å²) in [7, 11) is 0. The van der Waals surface area contributed by atoms with Crippen molar-refractivity contribution >= 4 is 11.8 Å². The van der Waals surface area contributed by atoms with E-state index in [1.807, 2.05) is 45.0 Å². The van der Waals surface area contributed by atoms with Crippen molar-refractivity contribution in [3.05, 3.63) is 59.5 Å². The highest BCUT2D eigenvalue weighted by atomic mass is 16.5. The molecule has 0 aliphatic rings. The monoisotopic (exact) mass is 438 g/mol. The van der Waals surface area contributed by atoms with Crippen LogP contribution in [0.3, 0.4) is 0 Å². The zero-order chi connectivity index (χ0) is 22.9. The lowest BCUT2D eigenvalue weighted by Gasteiger charge is -2.12. The van der Waals surface area contributed by atoms with Crippen molar-refractivity contribution in [2.75, 3.05) is 26.3 Å². The molecule has 0 saturated heterocycles. The van der Waals surface area contributed by atoms with Gasteiger partial charge in [-0.25, -0.2) is 0 Å². The van der Waals surface area contributed by atoms with Crippen LogP contribution in [0.4, 0.5) is 0 Å². The zero-order valence-corrected chi connectivity index (χ0v) is 18.3. The summed E-state index contributed by atoms with van der Waals surface area (Å²) in [6, 6.07) is 12.6. The summed E-state index contributed by atoms with van der Waals surface area (Å²) in [5, 5.41) is 9.24. The van der Waals surface area contributed by atoms with E-state index in [1.165, 1.54) is 0 Å². The van der Waals surface area contributed by atoms with Gasteiger partial charge in [-0.1, -0.05) is 28.9 Å². The predicted octanol–water partition coefficient (Wildman–Crippen LogP) is 3.00. The van der Waals surface area contributed by atoms with Crippen LogP contribution in [-0.4, -0.2) is 48.3 Å². The predicted molar refractivity (Wildman–Crippen MR) is 118 cm³/mol. The zero-order valence-electron chi connectivity index (χ0n) is 18.3. The van der Waals surface area contributed by atoms with Crippen molar-refractivity contribution in [1.82, 2.24) is 20.8 Å². The largest absolute Gasteiger partial charge is 0.490 e. The smallest absolute Gasteiger partial charge is 0.316 e. The van der Waals surface area contributed by atoms with Gasteiger partial charge in [0.15, 0.2) is 11.5 Å². The second-order valence-corrected chi connectivity index (χ2v) is 6.83. The van der Waals surface area contributed by atoms with Crippen LogP contribution in [0.25, 0.3) is 11.4 Å². The standard InChI is InChI=1S/C23H26N4O5/c1-4-30-18-10-9-17(14-19(18)31-5-2)21(28)24-11-12-25-22(29)23-26-20(27-32-23)16-8-6-7-15(3)13-16/h6-10,13-14H,4-5,11-12H2,1-3H3,(H,24,28)(H,25,29). The number of aryl methyl sites for hydroxylation is 1. The molecule has 2 N–H and O–H groups in total. The lowest BCUT2D eigenvalue weighted by Crippen LogP contribution is -2.34. The van der Waals surface area contributed by atoms with E-state index < -0.39 is 5.91 Å². The Balaban J connectivity index is 1.50. The van der Waals surface area contributed by atoms with Gasteiger partial charge in [-0.2, -0.15) is 4.98 Å². The third-order valence-corrected chi connectivity index (χ3v) is 4.40. The highest BCUT2D eigenvalue weighted by Crippen LogP contribution is 2.28. The molecule has 9 nitrogen and oxygen atoms in total. The Kier molecular flexibility index (Phi) is 7.80. The Morgan fingerprint density at radius 2 is 1.66 bits per heavy atom. The molecule has 168 valence electrons. The van der Waals surface area contributed by atoms with Crippen LogP contribution in [-0.2, 0) is 0 Å². The average molecular weight is 438 g/mol. The topological polar surface area (TPSA) is 116 Å². The molecule has 2 aromatic carbocycles. The first-order valence-corrected chi connectivity index (χ1v) is 10.4. The summed E-state index contributed by atoms with van der Waals surface area (Å²) in [6.07, 6.45) is 0. The fraction of sp³-hybridized carbons (Fsp3) is 0.304. The number of amides is 2. The van der Waals surface area contributed by atoms with E-state index in [-0.39, 0.29) is 24.9 Å². The van der Waals surface area contributed by atoms with Gasteiger partial charge in [0.2, 0.25) is 5.82 Å². The molecule has 0 fully saturated rings. The first kappa shape index (κ1) is 22.8.